The Bertz CT molecular complexity index is 692. The zero-order valence-corrected chi connectivity index (χ0v) is 18.8. The normalized spacial score (nSPS) is 9.81. The Morgan fingerprint density at radius 1 is 0.667 bits per heavy atom. The molecule has 0 radical (unpaired) electrons. The van der Waals surface area contributed by atoms with Gasteiger partial charge in [-0.15, -0.1) is 0 Å². The zero-order valence-electron chi connectivity index (χ0n) is 10.1. The summed E-state index contributed by atoms with van der Waals surface area (Å²) < 4.78 is 9.58. The third-order valence-corrected chi connectivity index (χ3v) is 5.66. The van der Waals surface area contributed by atoms with Crippen LogP contribution in [0.25, 0.3) is 0 Å². The third-order valence-electron chi connectivity index (χ3n) is 2.46. The van der Waals surface area contributed by atoms with Crippen LogP contribution in [0.2, 0.25) is 0 Å². The maximum absolute atomic E-state index is 8.98. The van der Waals surface area contributed by atoms with E-state index in [2.05, 4.69) is 103 Å². The van der Waals surface area contributed by atoms with Crippen molar-refractivity contribution in [3.8, 4) is 23.6 Å². The van der Waals surface area contributed by atoms with Crippen LogP contribution in [0, 0.1) is 36.9 Å². The van der Waals surface area contributed by atoms with Gasteiger partial charge in [-0.05, 0) is 115 Å². The van der Waals surface area contributed by atoms with E-state index < -0.39 is 0 Å². The molecule has 0 bridgehead atoms. The van der Waals surface area contributed by atoms with Crippen LogP contribution in [0.5, 0.6) is 11.5 Å². The minimum atomic E-state index is 0.611. The van der Waals surface area contributed by atoms with Crippen molar-refractivity contribution in [2.24, 2.45) is 0 Å². The van der Waals surface area contributed by atoms with E-state index in [1.807, 2.05) is 0 Å². The minimum absolute atomic E-state index is 0.611. The third kappa shape index (κ3) is 4.11. The van der Waals surface area contributed by atoms with Gasteiger partial charge in [-0.2, -0.15) is 10.5 Å². The van der Waals surface area contributed by atoms with Gasteiger partial charge in [0.25, 0.3) is 0 Å². The van der Waals surface area contributed by atoms with E-state index in [0.717, 1.165) is 25.8 Å². The van der Waals surface area contributed by atoms with Crippen molar-refractivity contribution in [2.45, 2.75) is 0 Å². The summed E-state index contributed by atoms with van der Waals surface area (Å²) >= 11 is 8.64. The Morgan fingerprint density at radius 3 is 1.19 bits per heavy atom. The number of hydrogen-bond acceptors (Lipinski definition) is 3. The first kappa shape index (κ1) is 17.5. The highest BCUT2D eigenvalue weighted by Gasteiger charge is 2.15. The highest BCUT2D eigenvalue weighted by atomic mass is 127. The number of halogens is 4. The SMILES string of the molecule is N#Cc1cc(I)c(Oc2c(I)cc(C#N)cc2I)c(I)c1. The van der Waals surface area contributed by atoms with E-state index in [4.69, 9.17) is 15.3 Å². The van der Waals surface area contributed by atoms with Crippen LogP contribution < -0.4 is 4.74 Å². The smallest absolute Gasteiger partial charge is 0.154 e. The van der Waals surface area contributed by atoms with Crippen LogP contribution in [0.3, 0.4) is 0 Å². The monoisotopic (exact) mass is 724 g/mol. The molecule has 104 valence electrons. The van der Waals surface area contributed by atoms with Crippen LogP contribution >= 0.6 is 90.4 Å². The molecule has 0 aromatic heterocycles. The molecular formula is C14H4I4N2O. The lowest BCUT2D eigenvalue weighted by atomic mass is 10.2. The van der Waals surface area contributed by atoms with Gasteiger partial charge in [-0.25, -0.2) is 0 Å². The fraction of sp³-hybridized carbons (Fsp3) is 0. The fourth-order valence-electron chi connectivity index (χ4n) is 1.55. The maximum Gasteiger partial charge on any atom is 0.154 e. The lowest BCUT2D eigenvalue weighted by Gasteiger charge is -2.13. The second kappa shape index (κ2) is 7.61. The molecule has 0 amide bonds. The molecule has 2 aromatic rings. The predicted octanol–water partition coefficient (Wildman–Crippen LogP) is 5.64. The highest BCUT2D eigenvalue weighted by Crippen LogP contribution is 2.37. The van der Waals surface area contributed by atoms with Gasteiger partial charge in [0.15, 0.2) is 11.5 Å². The molecule has 0 saturated carbocycles. The van der Waals surface area contributed by atoms with E-state index in [-0.39, 0.29) is 0 Å². The Hall–Kier alpha value is 0.140. The molecule has 2 rings (SSSR count). The average Bonchev–Trinajstić information content (AvgIpc) is 2.44. The molecule has 0 N–H and O–H groups in total. The molecule has 0 spiro atoms. The standard InChI is InChI=1S/C14H4I4N2O/c15-9-1-7(5-19)2-10(16)13(9)21-14-11(17)3-8(6-20)4-12(14)18/h1-4H. The van der Waals surface area contributed by atoms with Crippen LogP contribution in [0.1, 0.15) is 11.1 Å². The summed E-state index contributed by atoms with van der Waals surface area (Å²) in [5, 5.41) is 18.0. The molecule has 0 heterocycles. The summed E-state index contributed by atoms with van der Waals surface area (Å²) in [6, 6.07) is 11.4. The number of rotatable bonds is 2. The number of nitriles is 2. The Kier molecular flexibility index (Phi) is 6.34. The molecule has 3 nitrogen and oxygen atoms in total. The van der Waals surface area contributed by atoms with Gasteiger partial charge in [0, 0.05) is 0 Å². The van der Waals surface area contributed by atoms with Gasteiger partial charge in [0.1, 0.15) is 0 Å². The van der Waals surface area contributed by atoms with Crippen molar-refractivity contribution < 1.29 is 4.74 Å². The number of hydrogen-bond donors (Lipinski definition) is 0. The Labute approximate surface area is 176 Å². The first-order chi connectivity index (χ1) is 9.96. The van der Waals surface area contributed by atoms with Crippen LogP contribution in [-0.2, 0) is 0 Å². The van der Waals surface area contributed by atoms with Crippen LogP contribution in [-0.4, -0.2) is 0 Å². The molecular weight excluding hydrogens is 720 g/mol. The van der Waals surface area contributed by atoms with Gasteiger partial charge in [0.05, 0.1) is 37.5 Å². The van der Waals surface area contributed by atoms with Crippen LogP contribution in [0.15, 0.2) is 24.3 Å². The number of ether oxygens (including phenoxy) is 1. The molecule has 0 aliphatic heterocycles. The largest absolute Gasteiger partial charge is 0.453 e. The molecule has 0 aliphatic rings. The van der Waals surface area contributed by atoms with Gasteiger partial charge < -0.3 is 4.74 Å². The van der Waals surface area contributed by atoms with Gasteiger partial charge in [-0.3, -0.25) is 0 Å². The molecule has 0 unspecified atom stereocenters. The molecule has 0 fully saturated rings. The van der Waals surface area contributed by atoms with E-state index in [1.54, 1.807) is 24.3 Å². The zero-order chi connectivity index (χ0) is 15.6. The number of nitrogens with zero attached hydrogens (tertiary/aromatic N) is 2. The van der Waals surface area contributed by atoms with Gasteiger partial charge in [-0.1, -0.05) is 0 Å². The predicted molar refractivity (Wildman–Crippen MR) is 113 cm³/mol. The number of benzene rings is 2. The van der Waals surface area contributed by atoms with Crippen molar-refractivity contribution in [3.05, 3.63) is 49.7 Å². The topological polar surface area (TPSA) is 56.8 Å². The van der Waals surface area contributed by atoms with Crippen molar-refractivity contribution >= 4 is 90.4 Å². The first-order valence-electron chi connectivity index (χ1n) is 5.42. The highest BCUT2D eigenvalue weighted by molar-refractivity contribution is 14.1. The summed E-state index contributed by atoms with van der Waals surface area (Å²) in [4.78, 5) is 0. The summed E-state index contributed by atoms with van der Waals surface area (Å²) in [5.41, 5.74) is 1.22. The molecule has 7 heteroatoms. The molecule has 21 heavy (non-hydrogen) atoms. The van der Waals surface area contributed by atoms with Gasteiger partial charge >= 0.3 is 0 Å². The Balaban J connectivity index is 2.50. The summed E-state index contributed by atoms with van der Waals surface area (Å²) in [6.45, 7) is 0. The molecule has 0 saturated heterocycles. The van der Waals surface area contributed by atoms with Crippen molar-refractivity contribution in [1.29, 1.82) is 10.5 Å². The fourth-order valence-corrected chi connectivity index (χ4v) is 5.52. The molecule has 0 atom stereocenters. The van der Waals surface area contributed by atoms with E-state index in [1.165, 1.54) is 0 Å². The summed E-state index contributed by atoms with van der Waals surface area (Å²) in [7, 11) is 0. The Morgan fingerprint density at radius 2 is 0.952 bits per heavy atom. The minimum Gasteiger partial charge on any atom is -0.453 e. The van der Waals surface area contributed by atoms with Crippen molar-refractivity contribution in [2.75, 3.05) is 0 Å². The maximum atomic E-state index is 8.98. The second-order valence-electron chi connectivity index (χ2n) is 3.86. The molecule has 0 aliphatic carbocycles. The van der Waals surface area contributed by atoms with E-state index in [9.17, 15) is 0 Å². The van der Waals surface area contributed by atoms with Crippen molar-refractivity contribution in [1.82, 2.24) is 0 Å². The lowest BCUT2D eigenvalue weighted by molar-refractivity contribution is 0.469. The summed E-state index contributed by atoms with van der Waals surface area (Å²) in [6.07, 6.45) is 0. The average molecular weight is 724 g/mol. The summed E-state index contributed by atoms with van der Waals surface area (Å²) in [5.74, 6) is 1.46. The van der Waals surface area contributed by atoms with E-state index in [0.29, 0.717) is 11.1 Å². The van der Waals surface area contributed by atoms with Crippen LogP contribution in [0.4, 0.5) is 0 Å². The van der Waals surface area contributed by atoms with E-state index >= 15 is 0 Å². The quantitative estimate of drug-likeness (QED) is 0.378. The van der Waals surface area contributed by atoms with Gasteiger partial charge in [0.2, 0.25) is 0 Å². The first-order valence-corrected chi connectivity index (χ1v) is 9.74. The second-order valence-corrected chi connectivity index (χ2v) is 8.51. The molecule has 2 aromatic carbocycles. The van der Waals surface area contributed by atoms with Crippen molar-refractivity contribution in [3.63, 3.8) is 0 Å². The lowest BCUT2D eigenvalue weighted by Crippen LogP contribution is -1.97.